The van der Waals surface area contributed by atoms with Crippen LogP contribution in [0.3, 0.4) is 0 Å². The first kappa shape index (κ1) is 14.5. The molecule has 1 amide bonds. The largest absolute Gasteiger partial charge is 0.480 e. The molecule has 1 saturated carbocycles. The van der Waals surface area contributed by atoms with E-state index < -0.39 is 17.6 Å². The summed E-state index contributed by atoms with van der Waals surface area (Å²) < 4.78 is 5.26. The lowest BCUT2D eigenvalue weighted by molar-refractivity contribution is -0.157. The van der Waals surface area contributed by atoms with Crippen molar-refractivity contribution in [2.24, 2.45) is 0 Å². The first-order valence-electron chi connectivity index (χ1n) is 6.70. The predicted octanol–water partition coefficient (Wildman–Crippen LogP) is 1.37. The van der Waals surface area contributed by atoms with Crippen molar-refractivity contribution in [1.29, 1.82) is 0 Å². The van der Waals surface area contributed by atoms with E-state index in [1.807, 2.05) is 30.3 Å². The van der Waals surface area contributed by atoms with Crippen molar-refractivity contribution in [2.45, 2.75) is 37.3 Å². The molecule has 5 nitrogen and oxygen atoms in total. The number of rotatable bonds is 6. The Morgan fingerprint density at radius 2 is 2.00 bits per heavy atom. The number of hydrogen-bond donors (Lipinski definition) is 2. The number of carboxylic acid groups (broad SMARTS) is 1. The zero-order valence-electron chi connectivity index (χ0n) is 11.5. The number of carbonyl (C=O) groups excluding carboxylic acids is 1. The van der Waals surface area contributed by atoms with E-state index in [9.17, 15) is 14.7 Å². The molecule has 2 N–H and O–H groups in total. The number of ether oxygens (including phenoxy) is 1. The third-order valence-corrected chi connectivity index (χ3v) is 3.85. The number of amides is 1. The number of nitrogens with one attached hydrogen (secondary N) is 1. The van der Waals surface area contributed by atoms with Gasteiger partial charge in [0.1, 0.15) is 11.6 Å². The Morgan fingerprint density at radius 3 is 2.45 bits per heavy atom. The maximum absolute atomic E-state index is 12.2. The van der Waals surface area contributed by atoms with Crippen molar-refractivity contribution in [3.63, 3.8) is 0 Å². The molecule has 1 aromatic carbocycles. The van der Waals surface area contributed by atoms with Gasteiger partial charge in [0, 0.05) is 13.5 Å². The summed E-state index contributed by atoms with van der Waals surface area (Å²) in [6, 6.07) is 8.32. The quantitative estimate of drug-likeness (QED) is 0.823. The van der Waals surface area contributed by atoms with E-state index in [0.29, 0.717) is 12.8 Å². The second kappa shape index (κ2) is 6.05. The van der Waals surface area contributed by atoms with Gasteiger partial charge in [-0.2, -0.15) is 0 Å². The van der Waals surface area contributed by atoms with Crippen LogP contribution in [0.2, 0.25) is 0 Å². The van der Waals surface area contributed by atoms with Gasteiger partial charge in [-0.05, 0) is 24.8 Å². The van der Waals surface area contributed by atoms with Crippen LogP contribution in [-0.2, 0) is 20.7 Å². The molecule has 1 unspecified atom stereocenters. The van der Waals surface area contributed by atoms with Gasteiger partial charge >= 0.3 is 5.97 Å². The molecule has 0 spiro atoms. The van der Waals surface area contributed by atoms with Crippen LogP contribution in [0.15, 0.2) is 30.3 Å². The summed E-state index contributed by atoms with van der Waals surface area (Å²) in [5.74, 6) is -1.36. The highest BCUT2D eigenvalue weighted by molar-refractivity contribution is 5.90. The van der Waals surface area contributed by atoms with Crippen LogP contribution in [-0.4, -0.2) is 35.7 Å². The summed E-state index contributed by atoms with van der Waals surface area (Å²) in [5, 5.41) is 11.9. The Labute approximate surface area is 117 Å². The van der Waals surface area contributed by atoms with Gasteiger partial charge < -0.3 is 15.2 Å². The average molecular weight is 277 g/mol. The normalized spacial score (nSPS) is 17.9. The molecule has 20 heavy (non-hydrogen) atoms. The molecule has 1 aliphatic carbocycles. The minimum Gasteiger partial charge on any atom is -0.480 e. The Kier molecular flexibility index (Phi) is 4.39. The monoisotopic (exact) mass is 277 g/mol. The molecule has 1 fully saturated rings. The lowest BCUT2D eigenvalue weighted by Crippen LogP contribution is -2.57. The summed E-state index contributed by atoms with van der Waals surface area (Å²) >= 11 is 0. The lowest BCUT2D eigenvalue weighted by Gasteiger charge is -2.39. The van der Waals surface area contributed by atoms with E-state index in [2.05, 4.69) is 5.32 Å². The molecule has 0 saturated heterocycles. The zero-order chi connectivity index (χ0) is 14.6. The Balaban J connectivity index is 2.03. The Morgan fingerprint density at radius 1 is 1.35 bits per heavy atom. The van der Waals surface area contributed by atoms with Gasteiger partial charge in [0.2, 0.25) is 0 Å². The van der Waals surface area contributed by atoms with Gasteiger partial charge in [0.15, 0.2) is 0 Å². The molecular weight excluding hydrogens is 258 g/mol. The van der Waals surface area contributed by atoms with E-state index in [1.54, 1.807) is 0 Å². The van der Waals surface area contributed by atoms with Gasteiger partial charge in [0.05, 0.1) is 0 Å². The van der Waals surface area contributed by atoms with Gasteiger partial charge in [-0.3, -0.25) is 4.79 Å². The first-order chi connectivity index (χ1) is 9.57. The van der Waals surface area contributed by atoms with Crippen LogP contribution >= 0.6 is 0 Å². The maximum atomic E-state index is 12.2. The van der Waals surface area contributed by atoms with E-state index in [0.717, 1.165) is 12.0 Å². The Hall–Kier alpha value is -1.88. The fourth-order valence-electron chi connectivity index (χ4n) is 2.36. The lowest BCUT2D eigenvalue weighted by atomic mass is 9.79. The fraction of sp³-hybridized carbons (Fsp3) is 0.467. The van der Waals surface area contributed by atoms with Crippen molar-refractivity contribution in [3.05, 3.63) is 35.9 Å². The molecule has 1 aromatic rings. The highest BCUT2D eigenvalue weighted by atomic mass is 16.5. The van der Waals surface area contributed by atoms with Gasteiger partial charge in [-0.15, -0.1) is 0 Å². The number of methoxy groups -OCH3 is 1. The van der Waals surface area contributed by atoms with Crippen molar-refractivity contribution < 1.29 is 19.4 Å². The molecule has 0 aliphatic heterocycles. The predicted molar refractivity (Wildman–Crippen MR) is 73.3 cm³/mol. The van der Waals surface area contributed by atoms with Crippen molar-refractivity contribution in [3.8, 4) is 0 Å². The van der Waals surface area contributed by atoms with Crippen molar-refractivity contribution in [1.82, 2.24) is 5.32 Å². The van der Waals surface area contributed by atoms with E-state index in [1.165, 1.54) is 7.11 Å². The van der Waals surface area contributed by atoms with Crippen molar-refractivity contribution in [2.75, 3.05) is 7.11 Å². The van der Waals surface area contributed by atoms with Crippen LogP contribution in [0.1, 0.15) is 24.8 Å². The van der Waals surface area contributed by atoms with Crippen LogP contribution in [0.25, 0.3) is 0 Å². The SMILES string of the molecule is COC1(C(=O)NC(Cc2ccccc2)C(=O)O)CCC1. The molecule has 0 bridgehead atoms. The van der Waals surface area contributed by atoms with Gasteiger partial charge in [-0.25, -0.2) is 4.79 Å². The molecule has 2 rings (SSSR count). The molecule has 108 valence electrons. The molecular formula is C15H19NO4. The van der Waals surface area contributed by atoms with Gasteiger partial charge in [0.25, 0.3) is 5.91 Å². The molecule has 0 aromatic heterocycles. The second-order valence-electron chi connectivity index (χ2n) is 5.11. The topological polar surface area (TPSA) is 75.6 Å². The van der Waals surface area contributed by atoms with Crippen molar-refractivity contribution >= 4 is 11.9 Å². The number of benzene rings is 1. The van der Waals surface area contributed by atoms with E-state index in [4.69, 9.17) is 4.74 Å². The number of carboxylic acids is 1. The Bertz CT molecular complexity index is 476. The number of carbonyl (C=O) groups is 2. The van der Waals surface area contributed by atoms with E-state index >= 15 is 0 Å². The molecule has 5 heteroatoms. The fourth-order valence-corrected chi connectivity index (χ4v) is 2.36. The summed E-state index contributed by atoms with van der Waals surface area (Å²) in [6.45, 7) is 0. The van der Waals surface area contributed by atoms with Crippen LogP contribution in [0.5, 0.6) is 0 Å². The minimum absolute atomic E-state index is 0.266. The highest BCUT2D eigenvalue weighted by Gasteiger charge is 2.45. The highest BCUT2D eigenvalue weighted by Crippen LogP contribution is 2.35. The molecule has 1 aliphatic rings. The third kappa shape index (κ3) is 2.99. The summed E-state index contributed by atoms with van der Waals surface area (Å²) in [4.78, 5) is 23.5. The minimum atomic E-state index is -1.03. The summed E-state index contributed by atoms with van der Waals surface area (Å²) in [5.41, 5.74) is 0.0463. The molecule has 1 atom stereocenters. The first-order valence-corrected chi connectivity index (χ1v) is 6.70. The van der Waals surface area contributed by atoms with Crippen LogP contribution in [0.4, 0.5) is 0 Å². The van der Waals surface area contributed by atoms with Crippen LogP contribution in [0, 0.1) is 0 Å². The molecule has 0 heterocycles. The summed E-state index contributed by atoms with van der Waals surface area (Å²) in [6.07, 6.45) is 2.49. The maximum Gasteiger partial charge on any atom is 0.326 e. The van der Waals surface area contributed by atoms with E-state index in [-0.39, 0.29) is 12.3 Å². The van der Waals surface area contributed by atoms with Crippen LogP contribution < -0.4 is 5.32 Å². The van der Waals surface area contributed by atoms with Gasteiger partial charge in [-0.1, -0.05) is 30.3 Å². The zero-order valence-corrected chi connectivity index (χ0v) is 11.5. The second-order valence-corrected chi connectivity index (χ2v) is 5.11. The number of aliphatic carboxylic acids is 1. The standard InChI is InChI=1S/C15H19NO4/c1-20-15(8-5-9-15)14(19)16-12(13(17)18)10-11-6-3-2-4-7-11/h2-4,6-7,12H,5,8-10H2,1H3,(H,16,19)(H,17,18). The summed E-state index contributed by atoms with van der Waals surface area (Å²) in [7, 11) is 1.49. The average Bonchev–Trinajstić information content (AvgIpc) is 2.38. The third-order valence-electron chi connectivity index (χ3n) is 3.85. The number of hydrogen-bond acceptors (Lipinski definition) is 3. The smallest absolute Gasteiger partial charge is 0.326 e. The molecule has 0 radical (unpaired) electrons.